The molecular weight excluding hydrogens is 308 g/mol. The SMILES string of the molecule is CCn1nc([C@H]2CCOC2)nc1-c1ccc2c(c1)N(C)C(=O)CO2. The van der Waals surface area contributed by atoms with E-state index < -0.39 is 0 Å². The molecule has 1 aromatic carbocycles. The summed E-state index contributed by atoms with van der Waals surface area (Å²) in [5.41, 5.74) is 1.69. The Kier molecular flexibility index (Phi) is 3.72. The van der Waals surface area contributed by atoms with E-state index in [1.807, 2.05) is 29.8 Å². The zero-order valence-electron chi connectivity index (χ0n) is 13.9. The molecule has 2 aliphatic rings. The van der Waals surface area contributed by atoms with Crippen LogP contribution in [0.2, 0.25) is 0 Å². The number of amides is 1. The first-order valence-corrected chi connectivity index (χ1v) is 8.23. The fourth-order valence-electron chi connectivity index (χ4n) is 3.12. The zero-order chi connectivity index (χ0) is 16.7. The highest BCUT2D eigenvalue weighted by molar-refractivity contribution is 5.98. The second-order valence-electron chi connectivity index (χ2n) is 6.09. The first-order chi connectivity index (χ1) is 11.7. The number of hydrogen-bond donors (Lipinski definition) is 0. The van der Waals surface area contributed by atoms with E-state index in [1.54, 1.807) is 11.9 Å². The molecule has 0 saturated carbocycles. The lowest BCUT2D eigenvalue weighted by Gasteiger charge is -2.26. The Morgan fingerprint density at radius 3 is 3.00 bits per heavy atom. The molecule has 1 amide bonds. The van der Waals surface area contributed by atoms with Crippen molar-refractivity contribution in [3.05, 3.63) is 24.0 Å². The fraction of sp³-hybridized carbons (Fsp3) is 0.471. The summed E-state index contributed by atoms with van der Waals surface area (Å²) >= 11 is 0. The van der Waals surface area contributed by atoms with Gasteiger partial charge in [-0.2, -0.15) is 5.10 Å². The van der Waals surface area contributed by atoms with Gasteiger partial charge in [0.1, 0.15) is 5.75 Å². The number of aryl methyl sites for hydroxylation is 1. The quantitative estimate of drug-likeness (QED) is 0.860. The smallest absolute Gasteiger partial charge is 0.264 e. The number of likely N-dealkylation sites (N-methyl/N-ethyl adjacent to an activating group) is 1. The molecule has 0 bridgehead atoms. The van der Waals surface area contributed by atoms with Crippen molar-refractivity contribution in [2.24, 2.45) is 0 Å². The predicted molar refractivity (Wildman–Crippen MR) is 88.2 cm³/mol. The molecule has 0 unspecified atom stereocenters. The van der Waals surface area contributed by atoms with E-state index in [1.165, 1.54) is 0 Å². The molecule has 1 aromatic heterocycles. The van der Waals surface area contributed by atoms with Crippen LogP contribution >= 0.6 is 0 Å². The first kappa shape index (κ1) is 15.1. The Morgan fingerprint density at radius 2 is 2.25 bits per heavy atom. The van der Waals surface area contributed by atoms with Gasteiger partial charge < -0.3 is 14.4 Å². The van der Waals surface area contributed by atoms with Gasteiger partial charge >= 0.3 is 0 Å². The van der Waals surface area contributed by atoms with E-state index in [-0.39, 0.29) is 18.4 Å². The molecule has 2 aromatic rings. The topological polar surface area (TPSA) is 69.5 Å². The van der Waals surface area contributed by atoms with Crippen LogP contribution in [0.25, 0.3) is 11.4 Å². The lowest BCUT2D eigenvalue weighted by molar-refractivity contribution is -0.120. The van der Waals surface area contributed by atoms with Gasteiger partial charge in [0.05, 0.1) is 12.3 Å². The van der Waals surface area contributed by atoms with Crippen molar-refractivity contribution >= 4 is 11.6 Å². The number of carbonyl (C=O) groups is 1. The maximum atomic E-state index is 11.9. The van der Waals surface area contributed by atoms with Gasteiger partial charge in [0, 0.05) is 31.7 Å². The Labute approximate surface area is 140 Å². The molecule has 7 nitrogen and oxygen atoms in total. The van der Waals surface area contributed by atoms with Crippen LogP contribution in [0.1, 0.15) is 25.1 Å². The number of ether oxygens (including phenoxy) is 2. The maximum absolute atomic E-state index is 11.9. The maximum Gasteiger partial charge on any atom is 0.264 e. The second kappa shape index (κ2) is 5.90. The molecule has 0 N–H and O–H groups in total. The van der Waals surface area contributed by atoms with Crippen molar-refractivity contribution in [2.75, 3.05) is 31.8 Å². The number of rotatable bonds is 3. The highest BCUT2D eigenvalue weighted by atomic mass is 16.5. The highest BCUT2D eigenvalue weighted by Gasteiger charge is 2.26. The molecule has 0 aliphatic carbocycles. The molecular formula is C17H20N4O3. The Morgan fingerprint density at radius 1 is 1.38 bits per heavy atom. The van der Waals surface area contributed by atoms with Crippen LogP contribution in [0.3, 0.4) is 0 Å². The highest BCUT2D eigenvalue weighted by Crippen LogP contribution is 2.35. The van der Waals surface area contributed by atoms with Gasteiger partial charge in [-0.15, -0.1) is 0 Å². The largest absolute Gasteiger partial charge is 0.482 e. The molecule has 1 saturated heterocycles. The van der Waals surface area contributed by atoms with Gasteiger partial charge in [-0.05, 0) is 31.5 Å². The minimum absolute atomic E-state index is 0.0552. The van der Waals surface area contributed by atoms with Crippen molar-refractivity contribution in [3.63, 3.8) is 0 Å². The summed E-state index contributed by atoms with van der Waals surface area (Å²) in [6.45, 7) is 4.31. The van der Waals surface area contributed by atoms with Crippen molar-refractivity contribution in [3.8, 4) is 17.1 Å². The van der Waals surface area contributed by atoms with Crippen LogP contribution in [0.15, 0.2) is 18.2 Å². The normalized spacial score (nSPS) is 20.2. The Bertz CT molecular complexity index is 780. The average Bonchev–Trinajstić information content (AvgIpc) is 3.27. The summed E-state index contributed by atoms with van der Waals surface area (Å²) in [7, 11) is 1.76. The minimum atomic E-state index is -0.0552. The van der Waals surface area contributed by atoms with Crippen LogP contribution in [0.5, 0.6) is 5.75 Å². The van der Waals surface area contributed by atoms with Gasteiger partial charge in [0.25, 0.3) is 5.91 Å². The first-order valence-electron chi connectivity index (χ1n) is 8.23. The van der Waals surface area contributed by atoms with E-state index in [0.29, 0.717) is 12.4 Å². The van der Waals surface area contributed by atoms with Gasteiger partial charge in [-0.25, -0.2) is 9.67 Å². The lowest BCUT2D eigenvalue weighted by atomic mass is 10.1. The van der Waals surface area contributed by atoms with E-state index >= 15 is 0 Å². The number of anilines is 1. The second-order valence-corrected chi connectivity index (χ2v) is 6.09. The van der Waals surface area contributed by atoms with Crippen molar-refractivity contribution in [2.45, 2.75) is 25.8 Å². The van der Waals surface area contributed by atoms with E-state index in [4.69, 9.17) is 14.5 Å². The summed E-state index contributed by atoms with van der Waals surface area (Å²) in [6.07, 6.45) is 0.961. The molecule has 0 spiro atoms. The molecule has 2 aliphatic heterocycles. The van der Waals surface area contributed by atoms with Gasteiger partial charge in [-0.3, -0.25) is 4.79 Å². The van der Waals surface area contributed by atoms with Gasteiger partial charge in [0.15, 0.2) is 18.3 Å². The van der Waals surface area contributed by atoms with E-state index in [2.05, 4.69) is 5.10 Å². The van der Waals surface area contributed by atoms with Crippen LogP contribution in [-0.2, 0) is 16.1 Å². The summed E-state index contributed by atoms with van der Waals surface area (Å²) in [4.78, 5) is 18.2. The predicted octanol–water partition coefficient (Wildman–Crippen LogP) is 1.82. The summed E-state index contributed by atoms with van der Waals surface area (Å²) < 4.78 is 12.8. The van der Waals surface area contributed by atoms with Crippen LogP contribution in [0.4, 0.5) is 5.69 Å². The molecule has 126 valence electrons. The van der Waals surface area contributed by atoms with Crippen LogP contribution < -0.4 is 9.64 Å². The van der Waals surface area contributed by atoms with Gasteiger partial charge in [-0.1, -0.05) is 0 Å². The number of benzene rings is 1. The third-order valence-electron chi connectivity index (χ3n) is 4.59. The van der Waals surface area contributed by atoms with Crippen molar-refractivity contribution in [1.29, 1.82) is 0 Å². The number of fused-ring (bicyclic) bond motifs is 1. The Hall–Kier alpha value is -2.41. The number of aromatic nitrogens is 3. The number of hydrogen-bond acceptors (Lipinski definition) is 5. The number of carbonyl (C=O) groups excluding carboxylic acids is 1. The fourth-order valence-corrected chi connectivity index (χ4v) is 3.12. The summed E-state index contributed by atoms with van der Waals surface area (Å²) in [5, 5.41) is 4.65. The van der Waals surface area contributed by atoms with Crippen LogP contribution in [-0.4, -0.2) is 47.5 Å². The summed E-state index contributed by atoms with van der Waals surface area (Å²) in [5.74, 6) is 2.58. The van der Waals surface area contributed by atoms with Crippen LogP contribution in [0, 0.1) is 0 Å². The lowest BCUT2D eigenvalue weighted by Crippen LogP contribution is -2.35. The molecule has 0 radical (unpaired) electrons. The average molecular weight is 328 g/mol. The van der Waals surface area contributed by atoms with Gasteiger partial charge in [0.2, 0.25) is 0 Å². The molecule has 1 atom stereocenters. The molecule has 4 rings (SSSR count). The summed E-state index contributed by atoms with van der Waals surface area (Å²) in [6, 6.07) is 5.80. The molecule has 3 heterocycles. The zero-order valence-corrected chi connectivity index (χ0v) is 13.9. The molecule has 1 fully saturated rings. The van der Waals surface area contributed by atoms with E-state index in [0.717, 1.165) is 42.5 Å². The van der Waals surface area contributed by atoms with Crippen molar-refractivity contribution < 1.29 is 14.3 Å². The Balaban J connectivity index is 1.74. The standard InChI is InChI=1S/C17H20N4O3/c1-3-21-17(18-16(19-21)12-6-7-23-9-12)11-4-5-14-13(8-11)20(2)15(22)10-24-14/h4-5,8,12H,3,6-7,9-10H2,1-2H3/t12-/m0/s1. The number of nitrogens with zero attached hydrogens (tertiary/aromatic N) is 4. The monoisotopic (exact) mass is 328 g/mol. The molecule has 7 heteroatoms. The third-order valence-corrected chi connectivity index (χ3v) is 4.59. The van der Waals surface area contributed by atoms with Crippen molar-refractivity contribution in [1.82, 2.24) is 14.8 Å². The molecule has 24 heavy (non-hydrogen) atoms. The van der Waals surface area contributed by atoms with E-state index in [9.17, 15) is 4.79 Å². The third kappa shape index (κ3) is 2.45. The minimum Gasteiger partial charge on any atom is -0.482 e.